The van der Waals surface area contributed by atoms with Crippen molar-refractivity contribution in [3.05, 3.63) is 74.2 Å². The molecule has 8 heteroatoms. The second-order valence-electron chi connectivity index (χ2n) is 10.0. The fourth-order valence-corrected chi connectivity index (χ4v) is 10.1. The summed E-state index contributed by atoms with van der Waals surface area (Å²) in [7, 11) is 1.67. The van der Waals surface area contributed by atoms with E-state index in [0.717, 1.165) is 33.2 Å². The van der Waals surface area contributed by atoms with Crippen molar-refractivity contribution in [3.8, 4) is 5.75 Å². The number of rotatable bonds is 3. The predicted octanol–water partition coefficient (Wildman–Crippen LogP) is 4.43. The summed E-state index contributed by atoms with van der Waals surface area (Å²) in [6.45, 7) is 2.00. The maximum Gasteiger partial charge on any atom is 0.305 e. The number of aromatic amines is 1. The number of thioether (sulfide) groups is 1. The number of ether oxygens (including phenoxy) is 1. The first-order valence-corrected chi connectivity index (χ1v) is 13.6. The van der Waals surface area contributed by atoms with Crippen LogP contribution in [0.1, 0.15) is 28.3 Å². The maximum atomic E-state index is 13.8. The van der Waals surface area contributed by atoms with Crippen molar-refractivity contribution in [2.24, 2.45) is 29.6 Å². The van der Waals surface area contributed by atoms with Crippen molar-refractivity contribution in [1.82, 2.24) is 4.98 Å². The lowest BCUT2D eigenvalue weighted by Gasteiger charge is -2.43. The van der Waals surface area contributed by atoms with Crippen LogP contribution in [0.15, 0.2) is 58.4 Å². The molecule has 2 aliphatic heterocycles. The van der Waals surface area contributed by atoms with E-state index in [4.69, 9.17) is 4.74 Å². The van der Waals surface area contributed by atoms with E-state index in [1.54, 1.807) is 18.9 Å². The summed E-state index contributed by atoms with van der Waals surface area (Å²) in [5.41, 5.74) is 2.81. The Kier molecular flexibility index (Phi) is 4.64. The van der Waals surface area contributed by atoms with Gasteiger partial charge in [-0.2, -0.15) is 0 Å². The van der Waals surface area contributed by atoms with Crippen LogP contribution in [0.3, 0.4) is 0 Å². The molecule has 7 atom stereocenters. The normalized spacial score (nSPS) is 32.5. The number of carbonyl (C=O) groups excluding carboxylic acids is 2. The molecule has 2 aromatic carbocycles. The number of carbonyl (C=O) groups is 2. The Morgan fingerprint density at radius 2 is 1.69 bits per heavy atom. The average Bonchev–Trinajstić information content (AvgIpc) is 3.59. The fraction of sp³-hybridized carbons (Fsp3) is 0.370. The molecule has 0 radical (unpaired) electrons. The quantitative estimate of drug-likeness (QED) is 0.534. The number of nitrogens with zero attached hydrogens (tertiary/aromatic N) is 1. The van der Waals surface area contributed by atoms with Crippen LogP contribution in [-0.4, -0.2) is 29.2 Å². The number of aromatic nitrogens is 1. The first-order valence-electron chi connectivity index (χ1n) is 11.9. The van der Waals surface area contributed by atoms with E-state index < -0.39 is 0 Å². The summed E-state index contributed by atoms with van der Waals surface area (Å²) in [4.78, 5) is 45.3. The van der Waals surface area contributed by atoms with Gasteiger partial charge in [0.05, 0.1) is 29.7 Å². The van der Waals surface area contributed by atoms with E-state index in [1.807, 2.05) is 49.4 Å². The number of nitrogens with one attached hydrogen (secondary N) is 1. The minimum atomic E-state index is -0.301. The highest BCUT2D eigenvalue weighted by molar-refractivity contribution is 8.00. The molecular formula is C27H24N2O4S2. The van der Waals surface area contributed by atoms with E-state index in [1.165, 1.54) is 16.2 Å². The molecule has 35 heavy (non-hydrogen) atoms. The highest BCUT2D eigenvalue weighted by Crippen LogP contribution is 2.69. The first kappa shape index (κ1) is 21.4. The molecule has 3 heterocycles. The topological polar surface area (TPSA) is 79.5 Å². The van der Waals surface area contributed by atoms with Gasteiger partial charge in [-0.15, -0.1) is 11.8 Å². The number of para-hydroxylation sites is 1. The van der Waals surface area contributed by atoms with Crippen LogP contribution in [0.2, 0.25) is 0 Å². The smallest absolute Gasteiger partial charge is 0.305 e. The standard InChI is InChI=1S/C27H24N2O4S2/c1-12-7-9-13(10-8-12)29-25(30)20-15-11-16(21(20)26(29)31)22-19(15)18(14-5-3-4-6-17(14)33-2)23-24(34-22)28-27(32)35-23/h3-10,15-16,18-22H,11H2,1-2H3,(H,28,32)/t15-,16-,18?,19?,20?,21?,22?/m1/s1. The molecule has 2 saturated carbocycles. The van der Waals surface area contributed by atoms with Gasteiger partial charge < -0.3 is 9.72 Å². The summed E-state index contributed by atoms with van der Waals surface area (Å²) in [6, 6.07) is 15.6. The summed E-state index contributed by atoms with van der Waals surface area (Å²) >= 11 is 2.97. The Labute approximate surface area is 210 Å². The van der Waals surface area contributed by atoms with Gasteiger partial charge in [-0.3, -0.25) is 19.3 Å². The van der Waals surface area contributed by atoms with E-state index in [0.29, 0.717) is 5.69 Å². The van der Waals surface area contributed by atoms with Gasteiger partial charge in [-0.25, -0.2) is 0 Å². The number of anilines is 1. The Hall–Kier alpha value is -2.84. The molecule has 7 rings (SSSR count). The number of hydrogen-bond acceptors (Lipinski definition) is 6. The van der Waals surface area contributed by atoms with Gasteiger partial charge in [0.1, 0.15) is 5.75 Å². The number of hydrogen-bond donors (Lipinski definition) is 1. The number of fused-ring (bicyclic) bond motifs is 9. The van der Waals surface area contributed by atoms with Crippen LogP contribution in [0.25, 0.3) is 0 Å². The van der Waals surface area contributed by atoms with Gasteiger partial charge in [0, 0.05) is 21.6 Å². The third-order valence-electron chi connectivity index (χ3n) is 8.49. The van der Waals surface area contributed by atoms with Crippen LogP contribution in [0, 0.1) is 36.5 Å². The van der Waals surface area contributed by atoms with Crippen LogP contribution in [0.5, 0.6) is 5.75 Å². The molecular weight excluding hydrogens is 480 g/mol. The number of H-pyrrole nitrogens is 1. The Morgan fingerprint density at radius 1 is 0.971 bits per heavy atom. The number of benzene rings is 2. The van der Waals surface area contributed by atoms with Gasteiger partial charge in [-0.1, -0.05) is 47.2 Å². The molecule has 1 N–H and O–H groups in total. The highest BCUT2D eigenvalue weighted by atomic mass is 32.2. The van der Waals surface area contributed by atoms with E-state index in [2.05, 4.69) is 11.1 Å². The second kappa shape index (κ2) is 7.58. The van der Waals surface area contributed by atoms with Crippen LogP contribution in [0.4, 0.5) is 5.69 Å². The van der Waals surface area contributed by atoms with E-state index in [-0.39, 0.29) is 57.4 Å². The van der Waals surface area contributed by atoms with Gasteiger partial charge in [-0.05, 0) is 49.3 Å². The largest absolute Gasteiger partial charge is 0.496 e. The predicted molar refractivity (Wildman–Crippen MR) is 135 cm³/mol. The Balaban J connectivity index is 1.34. The first-order chi connectivity index (χ1) is 17.0. The lowest BCUT2D eigenvalue weighted by atomic mass is 9.68. The van der Waals surface area contributed by atoms with Crippen LogP contribution < -0.4 is 14.5 Å². The summed E-state index contributed by atoms with van der Waals surface area (Å²) in [5, 5.41) is 1.08. The number of methoxy groups -OCH3 is 1. The van der Waals surface area contributed by atoms with Crippen molar-refractivity contribution < 1.29 is 14.3 Å². The minimum absolute atomic E-state index is 0.0383. The number of amides is 2. The Bertz CT molecular complexity index is 1430. The Morgan fingerprint density at radius 3 is 2.43 bits per heavy atom. The third-order valence-corrected chi connectivity index (χ3v) is 11.1. The molecule has 4 aliphatic rings. The van der Waals surface area contributed by atoms with E-state index >= 15 is 0 Å². The monoisotopic (exact) mass is 504 g/mol. The third kappa shape index (κ3) is 2.87. The van der Waals surface area contributed by atoms with Gasteiger partial charge in [0.15, 0.2) is 0 Å². The molecule has 3 fully saturated rings. The number of imide groups is 1. The summed E-state index contributed by atoms with van der Waals surface area (Å²) < 4.78 is 5.74. The summed E-state index contributed by atoms with van der Waals surface area (Å²) in [5.74, 6) is 0.415. The van der Waals surface area contributed by atoms with Gasteiger partial charge in [0.2, 0.25) is 11.8 Å². The zero-order valence-electron chi connectivity index (χ0n) is 19.3. The molecule has 2 amide bonds. The summed E-state index contributed by atoms with van der Waals surface area (Å²) in [6.07, 6.45) is 0.877. The van der Waals surface area contributed by atoms with Crippen molar-refractivity contribution in [1.29, 1.82) is 0 Å². The lowest BCUT2D eigenvalue weighted by molar-refractivity contribution is -0.123. The van der Waals surface area contributed by atoms with Crippen LogP contribution >= 0.6 is 23.1 Å². The SMILES string of the molecule is COc1ccccc1C1c2sc(=O)[nH]c2SC2C1[C@H]1C[C@@H]2C2C(=O)N(c3ccc(C)cc3)C(=O)C21. The molecule has 2 aliphatic carbocycles. The van der Waals surface area contributed by atoms with Crippen molar-refractivity contribution in [2.75, 3.05) is 12.0 Å². The average molecular weight is 505 g/mol. The van der Waals surface area contributed by atoms with Crippen LogP contribution in [-0.2, 0) is 9.59 Å². The lowest BCUT2D eigenvalue weighted by Crippen LogP contribution is -2.42. The molecule has 5 unspecified atom stereocenters. The highest BCUT2D eigenvalue weighted by Gasteiger charge is 2.69. The molecule has 178 valence electrons. The van der Waals surface area contributed by atoms with Crippen molar-refractivity contribution >= 4 is 40.6 Å². The second-order valence-corrected chi connectivity index (χ2v) is 12.3. The number of thiazole rings is 1. The van der Waals surface area contributed by atoms with Gasteiger partial charge in [0.25, 0.3) is 0 Å². The van der Waals surface area contributed by atoms with Crippen molar-refractivity contribution in [3.63, 3.8) is 0 Å². The van der Waals surface area contributed by atoms with E-state index in [9.17, 15) is 14.4 Å². The molecule has 1 aromatic heterocycles. The molecule has 3 aromatic rings. The number of aryl methyl sites for hydroxylation is 1. The fourth-order valence-electron chi connectivity index (χ4n) is 7.24. The van der Waals surface area contributed by atoms with Crippen molar-refractivity contribution in [2.45, 2.75) is 29.5 Å². The zero-order valence-corrected chi connectivity index (χ0v) is 20.9. The van der Waals surface area contributed by atoms with Gasteiger partial charge >= 0.3 is 4.87 Å². The molecule has 1 saturated heterocycles. The zero-order chi connectivity index (χ0) is 24.0. The molecule has 2 bridgehead atoms. The maximum absolute atomic E-state index is 13.8. The minimum Gasteiger partial charge on any atom is -0.496 e. The molecule has 6 nitrogen and oxygen atoms in total. The molecule has 0 spiro atoms.